The van der Waals surface area contributed by atoms with Crippen molar-refractivity contribution < 1.29 is 13.2 Å². The molecule has 6 heteroatoms. The van der Waals surface area contributed by atoms with Crippen LogP contribution in [0.5, 0.6) is 0 Å². The average molecular weight is 360 g/mol. The van der Waals surface area contributed by atoms with E-state index < -0.39 is 15.4 Å². The number of carbonyl (C=O) groups excluding carboxylic acids is 1. The summed E-state index contributed by atoms with van der Waals surface area (Å²) in [5.41, 5.74) is 0.316. The van der Waals surface area contributed by atoms with Crippen LogP contribution in [0, 0.1) is 18.3 Å². The molecule has 0 N–H and O–H groups in total. The third-order valence-electron chi connectivity index (χ3n) is 3.98. The predicted octanol–water partition coefficient (Wildman–Crippen LogP) is 2.56. The van der Waals surface area contributed by atoms with E-state index in [0.29, 0.717) is 5.33 Å². The molecule has 0 spiro atoms. The summed E-state index contributed by atoms with van der Waals surface area (Å²) in [6.07, 6.45) is 0. The molecular weight excluding hydrogens is 342 g/mol. The largest absolute Gasteiger partial charge is 0.273 e. The highest BCUT2D eigenvalue weighted by Crippen LogP contribution is 2.40. The lowest BCUT2D eigenvalue weighted by atomic mass is 9.83. The maximum Gasteiger partial charge on any atom is 0.266 e. The van der Waals surface area contributed by atoms with E-state index in [2.05, 4.69) is 15.9 Å². The Morgan fingerprint density at radius 2 is 1.85 bits per heavy atom. The zero-order valence-electron chi connectivity index (χ0n) is 11.8. The van der Waals surface area contributed by atoms with E-state index in [1.807, 2.05) is 6.92 Å². The lowest BCUT2D eigenvalue weighted by Crippen LogP contribution is -2.36. The van der Waals surface area contributed by atoms with E-state index in [9.17, 15) is 13.2 Å². The van der Waals surface area contributed by atoms with E-state index in [4.69, 9.17) is 0 Å². The monoisotopic (exact) mass is 359 g/mol. The number of halogens is 1. The molecule has 1 heterocycles. The molecule has 0 aliphatic carbocycles. The fourth-order valence-electron chi connectivity index (χ4n) is 2.29. The molecule has 0 saturated carbocycles. The summed E-state index contributed by atoms with van der Waals surface area (Å²) in [6.45, 7) is 5.71. The van der Waals surface area contributed by atoms with E-state index in [0.717, 1.165) is 9.87 Å². The zero-order chi connectivity index (χ0) is 15.1. The van der Waals surface area contributed by atoms with Crippen molar-refractivity contribution >= 4 is 31.9 Å². The summed E-state index contributed by atoms with van der Waals surface area (Å²) >= 11 is 3.37. The number of amides is 1. The number of hydrogen-bond acceptors (Lipinski definition) is 3. The summed E-state index contributed by atoms with van der Waals surface area (Å²) in [5.74, 6) is -0.349. The SMILES string of the molecule is Cc1ccc(S(=O)(=O)N2CC(CBr)C(C)(C)C2=O)cc1. The van der Waals surface area contributed by atoms with Crippen molar-refractivity contribution in [2.45, 2.75) is 25.7 Å². The van der Waals surface area contributed by atoms with Gasteiger partial charge in [-0.3, -0.25) is 4.79 Å². The fourth-order valence-corrected chi connectivity index (χ4v) is 4.87. The van der Waals surface area contributed by atoms with Crippen molar-refractivity contribution in [1.29, 1.82) is 0 Å². The second-order valence-electron chi connectivity index (χ2n) is 5.73. The van der Waals surface area contributed by atoms with Crippen LogP contribution >= 0.6 is 15.9 Å². The van der Waals surface area contributed by atoms with E-state index >= 15 is 0 Å². The normalized spacial score (nSPS) is 22.3. The van der Waals surface area contributed by atoms with Crippen LogP contribution in [0.1, 0.15) is 19.4 Å². The molecule has 110 valence electrons. The van der Waals surface area contributed by atoms with Gasteiger partial charge in [0.15, 0.2) is 0 Å². The van der Waals surface area contributed by atoms with Crippen molar-refractivity contribution in [3.63, 3.8) is 0 Å². The summed E-state index contributed by atoms with van der Waals surface area (Å²) in [4.78, 5) is 12.6. The van der Waals surface area contributed by atoms with Gasteiger partial charge >= 0.3 is 0 Å². The van der Waals surface area contributed by atoms with Gasteiger partial charge < -0.3 is 0 Å². The fraction of sp³-hybridized carbons (Fsp3) is 0.500. The molecule has 0 aromatic heterocycles. The first-order valence-corrected chi connectivity index (χ1v) is 8.97. The van der Waals surface area contributed by atoms with Crippen molar-refractivity contribution in [2.24, 2.45) is 11.3 Å². The highest BCUT2D eigenvalue weighted by atomic mass is 79.9. The lowest BCUT2D eigenvalue weighted by Gasteiger charge is -2.21. The van der Waals surface area contributed by atoms with Gasteiger partial charge in [0.1, 0.15) is 0 Å². The van der Waals surface area contributed by atoms with Gasteiger partial charge in [-0.25, -0.2) is 12.7 Å². The van der Waals surface area contributed by atoms with Gasteiger partial charge in [-0.05, 0) is 19.1 Å². The molecule has 1 atom stereocenters. The molecule has 1 unspecified atom stereocenters. The molecule has 1 saturated heterocycles. The molecule has 1 fully saturated rings. The Hall–Kier alpha value is -0.880. The van der Waals surface area contributed by atoms with Crippen LogP contribution in [-0.4, -0.2) is 30.5 Å². The second kappa shape index (κ2) is 5.15. The van der Waals surface area contributed by atoms with Crippen LogP contribution in [0.2, 0.25) is 0 Å². The maximum absolute atomic E-state index is 12.6. The van der Waals surface area contributed by atoms with Gasteiger partial charge in [0.05, 0.1) is 10.3 Å². The Balaban J connectivity index is 2.41. The van der Waals surface area contributed by atoms with Crippen LogP contribution in [0.3, 0.4) is 0 Å². The molecule has 2 rings (SSSR count). The molecule has 0 bridgehead atoms. The van der Waals surface area contributed by atoms with Gasteiger partial charge in [0.2, 0.25) is 5.91 Å². The molecule has 1 aliphatic heterocycles. The Kier molecular flexibility index (Phi) is 3.99. The third kappa shape index (κ3) is 2.39. The second-order valence-corrected chi connectivity index (χ2v) is 8.24. The predicted molar refractivity (Wildman–Crippen MR) is 81.1 cm³/mol. The number of alkyl halides is 1. The topological polar surface area (TPSA) is 54.5 Å². The Morgan fingerprint density at radius 3 is 2.30 bits per heavy atom. The van der Waals surface area contributed by atoms with E-state index in [1.54, 1.807) is 38.1 Å². The quantitative estimate of drug-likeness (QED) is 0.779. The zero-order valence-corrected chi connectivity index (χ0v) is 14.2. The number of nitrogens with zero attached hydrogens (tertiary/aromatic N) is 1. The lowest BCUT2D eigenvalue weighted by molar-refractivity contribution is -0.131. The maximum atomic E-state index is 12.6. The molecule has 1 aromatic carbocycles. The van der Waals surface area contributed by atoms with Crippen LogP contribution in [-0.2, 0) is 14.8 Å². The van der Waals surface area contributed by atoms with Gasteiger partial charge in [0, 0.05) is 17.8 Å². The number of carbonyl (C=O) groups is 1. The Morgan fingerprint density at radius 1 is 1.30 bits per heavy atom. The summed E-state index contributed by atoms with van der Waals surface area (Å²) in [7, 11) is -3.76. The van der Waals surface area contributed by atoms with Gasteiger partial charge in [-0.1, -0.05) is 47.5 Å². The smallest absolute Gasteiger partial charge is 0.266 e. The molecule has 20 heavy (non-hydrogen) atoms. The molecule has 1 aromatic rings. The van der Waals surface area contributed by atoms with Crippen LogP contribution in [0.4, 0.5) is 0 Å². The van der Waals surface area contributed by atoms with Crippen LogP contribution in [0.15, 0.2) is 29.2 Å². The highest BCUT2D eigenvalue weighted by molar-refractivity contribution is 9.09. The van der Waals surface area contributed by atoms with E-state index in [1.165, 1.54) is 0 Å². The highest BCUT2D eigenvalue weighted by Gasteiger charge is 2.50. The average Bonchev–Trinajstić information content (AvgIpc) is 2.61. The van der Waals surface area contributed by atoms with Crippen molar-refractivity contribution in [2.75, 3.05) is 11.9 Å². The van der Waals surface area contributed by atoms with Crippen molar-refractivity contribution in [3.8, 4) is 0 Å². The summed E-state index contributed by atoms with van der Waals surface area (Å²) in [6, 6.07) is 6.57. The Bertz CT molecular complexity index is 622. The minimum atomic E-state index is -3.76. The number of aryl methyl sites for hydroxylation is 1. The number of hydrogen-bond donors (Lipinski definition) is 0. The van der Waals surface area contributed by atoms with Gasteiger partial charge in [0.25, 0.3) is 10.0 Å². The van der Waals surface area contributed by atoms with Crippen molar-refractivity contribution in [3.05, 3.63) is 29.8 Å². The van der Waals surface area contributed by atoms with E-state index in [-0.39, 0.29) is 23.3 Å². The first-order chi connectivity index (χ1) is 9.21. The molecule has 1 aliphatic rings. The first-order valence-electron chi connectivity index (χ1n) is 6.41. The van der Waals surface area contributed by atoms with Gasteiger partial charge in [-0.2, -0.15) is 0 Å². The molecular formula is C14H18BrNO3S. The molecule has 1 amide bonds. The van der Waals surface area contributed by atoms with Crippen molar-refractivity contribution in [1.82, 2.24) is 4.31 Å². The molecule has 4 nitrogen and oxygen atoms in total. The number of benzene rings is 1. The van der Waals surface area contributed by atoms with Crippen LogP contribution < -0.4 is 0 Å². The first kappa shape index (κ1) is 15.5. The minimum Gasteiger partial charge on any atom is -0.273 e. The minimum absolute atomic E-state index is 0.0183. The summed E-state index contributed by atoms with van der Waals surface area (Å²) < 4.78 is 26.2. The molecule has 0 radical (unpaired) electrons. The van der Waals surface area contributed by atoms with Crippen LogP contribution in [0.25, 0.3) is 0 Å². The Labute approximate surface area is 128 Å². The number of sulfonamides is 1. The third-order valence-corrected chi connectivity index (χ3v) is 6.52. The number of rotatable bonds is 3. The standard InChI is InChI=1S/C14H18BrNO3S/c1-10-4-6-12(7-5-10)20(18,19)16-9-11(8-15)14(2,3)13(16)17/h4-7,11H,8-9H2,1-3H3. The van der Waals surface area contributed by atoms with Gasteiger partial charge in [-0.15, -0.1) is 0 Å². The summed E-state index contributed by atoms with van der Waals surface area (Å²) in [5, 5.41) is 0.603.